The predicted molar refractivity (Wildman–Crippen MR) is 116 cm³/mol. The van der Waals surface area contributed by atoms with Gasteiger partial charge in [0.15, 0.2) is 11.7 Å². The minimum absolute atomic E-state index is 0.0760. The number of carbonyl (C=O) groups is 1. The van der Waals surface area contributed by atoms with Crippen molar-refractivity contribution < 1.29 is 13.9 Å². The highest BCUT2D eigenvalue weighted by molar-refractivity contribution is 7.22. The van der Waals surface area contributed by atoms with Crippen LogP contribution in [-0.2, 0) is 4.79 Å². The number of ether oxygens (including phenoxy) is 1. The van der Waals surface area contributed by atoms with Crippen molar-refractivity contribution in [3.63, 3.8) is 0 Å². The van der Waals surface area contributed by atoms with Crippen molar-refractivity contribution in [3.8, 4) is 5.75 Å². The van der Waals surface area contributed by atoms with Crippen LogP contribution in [0.5, 0.6) is 5.75 Å². The van der Waals surface area contributed by atoms with Gasteiger partial charge >= 0.3 is 0 Å². The number of benzene rings is 2. The molecule has 2 aromatic carbocycles. The van der Waals surface area contributed by atoms with E-state index >= 15 is 0 Å². The molecule has 0 aliphatic heterocycles. The van der Waals surface area contributed by atoms with Gasteiger partial charge in [-0.25, -0.2) is 9.37 Å². The molecule has 3 rings (SSSR count). The van der Waals surface area contributed by atoms with Crippen molar-refractivity contribution in [3.05, 3.63) is 53.8 Å². The Morgan fingerprint density at radius 3 is 2.62 bits per heavy atom. The maximum Gasteiger partial charge on any atom is 0.266 e. The number of rotatable bonds is 9. The van der Waals surface area contributed by atoms with E-state index in [1.807, 2.05) is 31.2 Å². The number of anilines is 1. The van der Waals surface area contributed by atoms with Gasteiger partial charge in [-0.15, -0.1) is 0 Å². The highest BCUT2D eigenvalue weighted by Gasteiger charge is 2.21. The van der Waals surface area contributed by atoms with E-state index in [4.69, 9.17) is 4.74 Å². The third-order valence-electron chi connectivity index (χ3n) is 4.85. The number of fused-ring (bicyclic) bond motifs is 1. The van der Waals surface area contributed by atoms with Crippen LogP contribution in [0.25, 0.3) is 10.2 Å². The summed E-state index contributed by atoms with van der Waals surface area (Å²) >= 11 is 1.32. The minimum Gasteiger partial charge on any atom is -0.483 e. The Morgan fingerprint density at radius 2 is 1.90 bits per heavy atom. The van der Waals surface area contributed by atoms with E-state index in [1.165, 1.54) is 23.5 Å². The van der Waals surface area contributed by atoms with Crippen LogP contribution in [0.15, 0.2) is 42.5 Å². The highest BCUT2D eigenvalue weighted by atomic mass is 32.1. The normalized spacial score (nSPS) is 11.2. The summed E-state index contributed by atoms with van der Waals surface area (Å²) < 4.78 is 20.1. The molecule has 3 aromatic rings. The Hall–Kier alpha value is -2.51. The fourth-order valence-electron chi connectivity index (χ4n) is 3.05. The average Bonchev–Trinajstić information content (AvgIpc) is 3.13. The van der Waals surface area contributed by atoms with E-state index in [0.29, 0.717) is 22.9 Å². The lowest BCUT2D eigenvalue weighted by molar-refractivity contribution is -0.120. The van der Waals surface area contributed by atoms with Crippen molar-refractivity contribution in [2.45, 2.75) is 20.8 Å². The standard InChI is InChI=1S/C22H26FN3O2S/c1-4-25(5-2)12-13-26(21(27)15-28-19-9-7-6-8-16(19)3)22-24-18-11-10-17(23)14-20(18)29-22/h6-11,14H,4-5,12-13,15H2,1-3H3. The smallest absolute Gasteiger partial charge is 0.266 e. The molecule has 154 valence electrons. The predicted octanol–water partition coefficient (Wildman–Crippen LogP) is 4.50. The molecule has 0 spiro atoms. The number of nitrogens with zero attached hydrogens (tertiary/aromatic N) is 3. The molecule has 0 saturated heterocycles. The maximum absolute atomic E-state index is 13.6. The second-order valence-electron chi connectivity index (χ2n) is 6.73. The fraction of sp³-hybridized carbons (Fsp3) is 0.364. The Kier molecular flexibility index (Phi) is 7.17. The van der Waals surface area contributed by atoms with Gasteiger partial charge in [0.25, 0.3) is 5.91 Å². The summed E-state index contributed by atoms with van der Waals surface area (Å²) in [5, 5.41) is 0.566. The van der Waals surface area contributed by atoms with Gasteiger partial charge in [0.1, 0.15) is 11.6 Å². The summed E-state index contributed by atoms with van der Waals surface area (Å²) in [6.45, 7) is 9.10. The first-order chi connectivity index (χ1) is 14.0. The Morgan fingerprint density at radius 1 is 1.14 bits per heavy atom. The topological polar surface area (TPSA) is 45.7 Å². The van der Waals surface area contributed by atoms with E-state index in [2.05, 4.69) is 23.7 Å². The third kappa shape index (κ3) is 5.31. The molecule has 7 heteroatoms. The van der Waals surface area contributed by atoms with Crippen molar-refractivity contribution in [2.75, 3.05) is 37.7 Å². The van der Waals surface area contributed by atoms with Gasteiger partial charge in [-0.3, -0.25) is 9.69 Å². The van der Waals surface area contributed by atoms with Crippen molar-refractivity contribution in [1.82, 2.24) is 9.88 Å². The van der Waals surface area contributed by atoms with Crippen LogP contribution in [0.1, 0.15) is 19.4 Å². The van der Waals surface area contributed by atoms with Gasteiger partial charge in [-0.05, 0) is 49.8 Å². The first-order valence-electron chi connectivity index (χ1n) is 9.79. The molecular formula is C22H26FN3O2S. The molecule has 0 fully saturated rings. The largest absolute Gasteiger partial charge is 0.483 e. The van der Waals surface area contributed by atoms with Gasteiger partial charge in [-0.1, -0.05) is 43.4 Å². The molecule has 0 N–H and O–H groups in total. The lowest BCUT2D eigenvalue weighted by Gasteiger charge is -2.24. The summed E-state index contributed by atoms with van der Waals surface area (Å²) in [5.41, 5.74) is 1.66. The van der Waals surface area contributed by atoms with Crippen LogP contribution >= 0.6 is 11.3 Å². The number of carbonyl (C=O) groups excluding carboxylic acids is 1. The molecule has 0 aliphatic carbocycles. The van der Waals surface area contributed by atoms with Crippen LogP contribution in [-0.4, -0.2) is 48.6 Å². The number of hydrogen-bond donors (Lipinski definition) is 0. The van der Waals surface area contributed by atoms with Crippen molar-refractivity contribution in [2.24, 2.45) is 0 Å². The Labute approximate surface area is 174 Å². The third-order valence-corrected chi connectivity index (χ3v) is 5.89. The molecule has 0 atom stereocenters. The Bertz CT molecular complexity index is 972. The molecule has 0 bridgehead atoms. The van der Waals surface area contributed by atoms with Crippen molar-refractivity contribution >= 4 is 32.6 Å². The first-order valence-corrected chi connectivity index (χ1v) is 10.6. The lowest BCUT2D eigenvalue weighted by Crippen LogP contribution is -2.41. The van der Waals surface area contributed by atoms with E-state index in [9.17, 15) is 9.18 Å². The summed E-state index contributed by atoms with van der Waals surface area (Å²) in [6, 6.07) is 12.1. The molecule has 0 saturated carbocycles. The van der Waals surface area contributed by atoms with E-state index in [-0.39, 0.29) is 18.3 Å². The van der Waals surface area contributed by atoms with Crippen LogP contribution < -0.4 is 9.64 Å². The second kappa shape index (κ2) is 9.80. The fourth-order valence-corrected chi connectivity index (χ4v) is 4.08. The van der Waals surface area contributed by atoms with Crippen LogP contribution in [0.4, 0.5) is 9.52 Å². The molecule has 1 heterocycles. The molecule has 0 radical (unpaired) electrons. The van der Waals surface area contributed by atoms with Crippen LogP contribution in [0.3, 0.4) is 0 Å². The number of thiazole rings is 1. The van der Waals surface area contributed by atoms with Gasteiger partial charge in [0, 0.05) is 13.1 Å². The summed E-state index contributed by atoms with van der Waals surface area (Å²) in [5.74, 6) is 0.215. The monoisotopic (exact) mass is 415 g/mol. The number of amides is 1. The number of likely N-dealkylation sites (N-methyl/N-ethyl adjacent to an activating group) is 1. The maximum atomic E-state index is 13.6. The number of halogens is 1. The number of para-hydroxylation sites is 1. The molecule has 5 nitrogen and oxygen atoms in total. The molecule has 1 aromatic heterocycles. The molecule has 0 unspecified atom stereocenters. The lowest BCUT2D eigenvalue weighted by atomic mass is 10.2. The van der Waals surface area contributed by atoms with E-state index in [1.54, 1.807) is 11.0 Å². The zero-order valence-electron chi connectivity index (χ0n) is 17.0. The molecule has 29 heavy (non-hydrogen) atoms. The second-order valence-corrected chi connectivity index (χ2v) is 7.74. The number of hydrogen-bond acceptors (Lipinski definition) is 5. The van der Waals surface area contributed by atoms with Crippen LogP contribution in [0.2, 0.25) is 0 Å². The van der Waals surface area contributed by atoms with Gasteiger partial charge in [0.2, 0.25) is 0 Å². The zero-order chi connectivity index (χ0) is 20.8. The van der Waals surface area contributed by atoms with Gasteiger partial charge in [-0.2, -0.15) is 0 Å². The average molecular weight is 416 g/mol. The minimum atomic E-state index is -0.309. The van der Waals surface area contributed by atoms with Crippen molar-refractivity contribution in [1.29, 1.82) is 0 Å². The van der Waals surface area contributed by atoms with Gasteiger partial charge in [0.05, 0.1) is 10.2 Å². The molecular weight excluding hydrogens is 389 g/mol. The number of aryl methyl sites for hydroxylation is 1. The summed E-state index contributed by atoms with van der Waals surface area (Å²) in [4.78, 5) is 21.5. The summed E-state index contributed by atoms with van der Waals surface area (Å²) in [6.07, 6.45) is 0. The van der Waals surface area contributed by atoms with Crippen LogP contribution in [0, 0.1) is 12.7 Å². The first kappa shape index (κ1) is 21.2. The molecule has 0 aliphatic rings. The summed E-state index contributed by atoms with van der Waals surface area (Å²) in [7, 11) is 0. The SMILES string of the molecule is CCN(CC)CCN(C(=O)COc1ccccc1C)c1nc2ccc(F)cc2s1. The Balaban J connectivity index is 1.80. The van der Waals surface area contributed by atoms with E-state index in [0.717, 1.165) is 29.9 Å². The molecule has 1 amide bonds. The van der Waals surface area contributed by atoms with Gasteiger partial charge < -0.3 is 9.64 Å². The quantitative estimate of drug-likeness (QED) is 0.516. The zero-order valence-corrected chi connectivity index (χ0v) is 17.8. The number of aromatic nitrogens is 1. The van der Waals surface area contributed by atoms with E-state index < -0.39 is 0 Å². The highest BCUT2D eigenvalue weighted by Crippen LogP contribution is 2.29.